The number of carbonyl (C=O) groups is 1. The Bertz CT molecular complexity index is 376. The van der Waals surface area contributed by atoms with Crippen molar-refractivity contribution in [2.75, 3.05) is 6.61 Å². The lowest BCUT2D eigenvalue weighted by Gasteiger charge is -2.23. The van der Waals surface area contributed by atoms with E-state index in [4.69, 9.17) is 16.2 Å². The smallest absolute Gasteiger partial charge is 0.249 e. The maximum absolute atomic E-state index is 11.1. The normalized spacial score (nSPS) is 19.6. The number of carbonyl (C=O) groups excluding carboxylic acids is 1. The number of benzene rings is 1. The molecular weight excluding hydrogens is 180 g/mol. The molecule has 14 heavy (non-hydrogen) atoms. The quantitative estimate of drug-likeness (QED) is 0.659. The first kappa shape index (κ1) is 9.02. The lowest BCUT2D eigenvalue weighted by atomic mass is 9.97. The highest BCUT2D eigenvalue weighted by molar-refractivity contribution is 5.95. The first-order valence-electron chi connectivity index (χ1n) is 4.48. The average molecular weight is 192 g/mol. The van der Waals surface area contributed by atoms with Gasteiger partial charge in [-0.3, -0.25) is 4.79 Å². The molecule has 0 bridgehead atoms. The van der Waals surface area contributed by atoms with Crippen molar-refractivity contribution in [1.82, 2.24) is 0 Å². The van der Waals surface area contributed by atoms with Gasteiger partial charge in [0.2, 0.25) is 5.91 Å². The molecule has 0 saturated heterocycles. The van der Waals surface area contributed by atoms with Crippen molar-refractivity contribution < 1.29 is 9.53 Å². The lowest BCUT2D eigenvalue weighted by Crippen LogP contribution is -2.35. The van der Waals surface area contributed by atoms with Crippen molar-refractivity contribution in [2.24, 2.45) is 11.5 Å². The van der Waals surface area contributed by atoms with Crippen LogP contribution >= 0.6 is 0 Å². The Morgan fingerprint density at radius 3 is 3.00 bits per heavy atom. The van der Waals surface area contributed by atoms with Crippen LogP contribution in [0.4, 0.5) is 0 Å². The molecule has 1 heterocycles. The van der Waals surface area contributed by atoms with Crippen LogP contribution in [0.25, 0.3) is 0 Å². The highest BCUT2D eigenvalue weighted by atomic mass is 16.5. The summed E-state index contributed by atoms with van der Waals surface area (Å²) in [7, 11) is 0. The molecule has 0 aliphatic carbocycles. The lowest BCUT2D eigenvalue weighted by molar-refractivity contribution is 0.0998. The molecule has 1 atom stereocenters. The van der Waals surface area contributed by atoms with Gasteiger partial charge in [-0.15, -0.1) is 0 Å². The molecule has 1 aromatic rings. The Balaban J connectivity index is 2.48. The molecule has 1 aliphatic rings. The van der Waals surface area contributed by atoms with E-state index in [1.807, 2.05) is 6.07 Å². The molecule has 74 valence electrons. The summed E-state index contributed by atoms with van der Waals surface area (Å²) in [6.45, 7) is 0.495. The minimum absolute atomic E-state index is 0.0528. The highest BCUT2D eigenvalue weighted by Crippen LogP contribution is 2.26. The standard InChI is InChI=1S/C10H12N2O2/c11-6-4-8-7(10(12)13)2-1-3-9(8)14-5-6/h1-3,6H,4-5,11H2,(H2,12,13)/t6-/m0/s1. The van der Waals surface area contributed by atoms with Gasteiger partial charge in [0.25, 0.3) is 0 Å². The minimum atomic E-state index is -0.431. The van der Waals surface area contributed by atoms with E-state index in [-0.39, 0.29) is 6.04 Å². The maximum Gasteiger partial charge on any atom is 0.249 e. The minimum Gasteiger partial charge on any atom is -0.492 e. The average Bonchev–Trinajstić information content (AvgIpc) is 2.16. The van der Waals surface area contributed by atoms with Crippen molar-refractivity contribution in [3.63, 3.8) is 0 Å². The predicted molar refractivity (Wildman–Crippen MR) is 52.1 cm³/mol. The van der Waals surface area contributed by atoms with E-state index < -0.39 is 5.91 Å². The molecular formula is C10H12N2O2. The third kappa shape index (κ3) is 1.44. The van der Waals surface area contributed by atoms with E-state index in [0.29, 0.717) is 18.6 Å². The van der Waals surface area contributed by atoms with Crippen LogP contribution in [-0.4, -0.2) is 18.6 Å². The van der Waals surface area contributed by atoms with Gasteiger partial charge in [0.1, 0.15) is 12.4 Å². The Kier molecular flexibility index (Phi) is 2.13. The number of primary amides is 1. The predicted octanol–water partition coefficient (Wildman–Crippen LogP) is 0.0477. The third-order valence-electron chi connectivity index (χ3n) is 2.32. The Hall–Kier alpha value is -1.55. The van der Waals surface area contributed by atoms with Crippen LogP contribution in [0.5, 0.6) is 5.75 Å². The van der Waals surface area contributed by atoms with Crippen LogP contribution in [0.2, 0.25) is 0 Å². The van der Waals surface area contributed by atoms with Crippen LogP contribution in [0.15, 0.2) is 18.2 Å². The van der Waals surface area contributed by atoms with Crippen LogP contribution in [0, 0.1) is 0 Å². The number of nitrogens with two attached hydrogens (primary N) is 2. The molecule has 0 radical (unpaired) electrons. The molecule has 2 rings (SSSR count). The Morgan fingerprint density at radius 2 is 2.29 bits per heavy atom. The van der Waals surface area contributed by atoms with Crippen molar-refractivity contribution in [3.05, 3.63) is 29.3 Å². The van der Waals surface area contributed by atoms with Crippen LogP contribution < -0.4 is 16.2 Å². The molecule has 1 aliphatic heterocycles. The number of ether oxygens (including phenoxy) is 1. The number of hydrogen-bond donors (Lipinski definition) is 2. The fourth-order valence-corrected chi connectivity index (χ4v) is 1.66. The van der Waals surface area contributed by atoms with Gasteiger partial charge in [0, 0.05) is 17.2 Å². The van der Waals surface area contributed by atoms with Crippen molar-refractivity contribution in [1.29, 1.82) is 0 Å². The second kappa shape index (κ2) is 3.31. The molecule has 1 aromatic carbocycles. The zero-order valence-electron chi connectivity index (χ0n) is 7.69. The zero-order chi connectivity index (χ0) is 10.1. The van der Waals surface area contributed by atoms with Crippen molar-refractivity contribution in [2.45, 2.75) is 12.5 Å². The van der Waals surface area contributed by atoms with Gasteiger partial charge in [-0.2, -0.15) is 0 Å². The Labute approximate surface area is 81.8 Å². The molecule has 0 aromatic heterocycles. The monoisotopic (exact) mass is 192 g/mol. The summed E-state index contributed by atoms with van der Waals surface area (Å²) in [6.07, 6.45) is 0.647. The van der Waals surface area contributed by atoms with Gasteiger partial charge in [0.15, 0.2) is 0 Å². The van der Waals surface area contributed by atoms with E-state index in [2.05, 4.69) is 0 Å². The highest BCUT2D eigenvalue weighted by Gasteiger charge is 2.21. The van der Waals surface area contributed by atoms with Gasteiger partial charge in [-0.1, -0.05) is 6.07 Å². The summed E-state index contributed by atoms with van der Waals surface area (Å²) in [5.41, 5.74) is 12.3. The van der Waals surface area contributed by atoms with Gasteiger partial charge < -0.3 is 16.2 Å². The molecule has 0 saturated carbocycles. The summed E-state index contributed by atoms with van der Waals surface area (Å²) in [5.74, 6) is 0.294. The number of amides is 1. The summed E-state index contributed by atoms with van der Waals surface area (Å²) >= 11 is 0. The second-order valence-electron chi connectivity index (χ2n) is 3.42. The number of fused-ring (bicyclic) bond motifs is 1. The summed E-state index contributed by atoms with van der Waals surface area (Å²) in [4.78, 5) is 11.1. The maximum atomic E-state index is 11.1. The van der Waals surface area contributed by atoms with Gasteiger partial charge >= 0.3 is 0 Å². The molecule has 1 amide bonds. The van der Waals surface area contributed by atoms with Gasteiger partial charge in [-0.25, -0.2) is 0 Å². The largest absolute Gasteiger partial charge is 0.492 e. The second-order valence-corrected chi connectivity index (χ2v) is 3.42. The number of rotatable bonds is 1. The van der Waals surface area contributed by atoms with E-state index in [0.717, 1.165) is 11.3 Å². The summed E-state index contributed by atoms with van der Waals surface area (Å²) in [5, 5.41) is 0. The number of hydrogen-bond acceptors (Lipinski definition) is 3. The van der Waals surface area contributed by atoms with E-state index in [1.54, 1.807) is 12.1 Å². The van der Waals surface area contributed by atoms with E-state index >= 15 is 0 Å². The molecule has 0 spiro atoms. The fourth-order valence-electron chi connectivity index (χ4n) is 1.66. The van der Waals surface area contributed by atoms with Crippen molar-refractivity contribution >= 4 is 5.91 Å². The molecule has 4 nitrogen and oxygen atoms in total. The first-order chi connectivity index (χ1) is 6.68. The van der Waals surface area contributed by atoms with Gasteiger partial charge in [-0.05, 0) is 18.6 Å². The third-order valence-corrected chi connectivity index (χ3v) is 2.32. The van der Waals surface area contributed by atoms with Gasteiger partial charge in [0.05, 0.1) is 0 Å². The summed E-state index contributed by atoms with van der Waals surface area (Å²) in [6, 6.07) is 5.23. The van der Waals surface area contributed by atoms with Crippen LogP contribution in [0.3, 0.4) is 0 Å². The molecule has 0 fully saturated rings. The van der Waals surface area contributed by atoms with E-state index in [9.17, 15) is 4.79 Å². The SMILES string of the molecule is NC(=O)c1cccc2c1C[C@H](N)CO2. The zero-order valence-corrected chi connectivity index (χ0v) is 7.69. The van der Waals surface area contributed by atoms with Crippen molar-refractivity contribution in [3.8, 4) is 5.75 Å². The molecule has 0 unspecified atom stereocenters. The topological polar surface area (TPSA) is 78.3 Å². The van der Waals surface area contributed by atoms with Crippen LogP contribution in [0.1, 0.15) is 15.9 Å². The fraction of sp³-hybridized carbons (Fsp3) is 0.300. The van der Waals surface area contributed by atoms with Crippen LogP contribution in [-0.2, 0) is 6.42 Å². The Morgan fingerprint density at radius 1 is 1.50 bits per heavy atom. The first-order valence-corrected chi connectivity index (χ1v) is 4.48. The summed E-state index contributed by atoms with van der Waals surface area (Å²) < 4.78 is 5.39. The van der Waals surface area contributed by atoms with E-state index in [1.165, 1.54) is 0 Å². The molecule has 4 N–H and O–H groups in total. The molecule has 4 heteroatoms.